The molecule has 1 aromatic heterocycles. The van der Waals surface area contributed by atoms with E-state index in [1.54, 1.807) is 24.3 Å². The minimum absolute atomic E-state index is 0.201. The van der Waals surface area contributed by atoms with E-state index in [0.717, 1.165) is 11.1 Å². The third kappa shape index (κ3) is 2.14. The van der Waals surface area contributed by atoms with Crippen molar-refractivity contribution < 1.29 is 19.1 Å². The third-order valence-electron chi connectivity index (χ3n) is 4.89. The van der Waals surface area contributed by atoms with Crippen LogP contribution < -0.4 is 4.90 Å². The van der Waals surface area contributed by atoms with E-state index in [1.807, 2.05) is 24.3 Å². The molecule has 2 fully saturated rings. The highest BCUT2D eigenvalue weighted by Gasteiger charge is 2.50. The number of aromatic nitrogens is 1. The molecule has 0 unspecified atom stereocenters. The summed E-state index contributed by atoms with van der Waals surface area (Å²) < 4.78 is 5.74. The van der Waals surface area contributed by atoms with Gasteiger partial charge in [0.25, 0.3) is 5.91 Å². The Morgan fingerprint density at radius 1 is 1.08 bits per heavy atom. The summed E-state index contributed by atoms with van der Waals surface area (Å²) >= 11 is 0. The van der Waals surface area contributed by atoms with Crippen LogP contribution in [0.25, 0.3) is 22.6 Å². The third-order valence-corrected chi connectivity index (χ3v) is 4.89. The van der Waals surface area contributed by atoms with Crippen molar-refractivity contribution in [1.29, 1.82) is 0 Å². The molecule has 7 nitrogen and oxygen atoms in total. The van der Waals surface area contributed by atoms with Gasteiger partial charge >= 0.3 is 6.03 Å². The number of carbonyl (C=O) groups excluding carboxylic acids is 2. The molecular formula is C19H15N3O4. The minimum Gasteiger partial charge on any atom is -0.436 e. The summed E-state index contributed by atoms with van der Waals surface area (Å²) in [5.41, 5.74) is 2.75. The average Bonchev–Trinajstić information content (AvgIpc) is 3.30. The van der Waals surface area contributed by atoms with Gasteiger partial charge in [0.05, 0.1) is 11.8 Å². The van der Waals surface area contributed by atoms with Gasteiger partial charge in [0.1, 0.15) is 11.6 Å². The van der Waals surface area contributed by atoms with Crippen LogP contribution in [0, 0.1) is 0 Å². The molecule has 2 atom stereocenters. The largest absolute Gasteiger partial charge is 0.436 e. The molecule has 2 saturated heterocycles. The summed E-state index contributed by atoms with van der Waals surface area (Å²) in [5, 5.41) is 9.67. The number of oxazole rings is 1. The fraction of sp³-hybridized carbons (Fsp3) is 0.211. The van der Waals surface area contributed by atoms with Gasteiger partial charge in [-0.1, -0.05) is 12.1 Å². The molecule has 0 bridgehead atoms. The first-order chi connectivity index (χ1) is 12.6. The predicted molar refractivity (Wildman–Crippen MR) is 93.4 cm³/mol. The molecule has 0 radical (unpaired) electrons. The number of hydrogen-bond donors (Lipinski definition) is 1. The summed E-state index contributed by atoms with van der Waals surface area (Å²) in [4.78, 5) is 32.1. The fourth-order valence-corrected chi connectivity index (χ4v) is 3.62. The SMILES string of the molecule is O=C1[C@@H]2C[C@@H](O)CN2C(=O)N1c1ccc(-c2nc3ccccc3o2)cc1. The zero-order valence-corrected chi connectivity index (χ0v) is 13.7. The lowest BCUT2D eigenvalue weighted by Crippen LogP contribution is -2.34. The second-order valence-corrected chi connectivity index (χ2v) is 6.55. The summed E-state index contributed by atoms with van der Waals surface area (Å²) in [6.07, 6.45) is -0.334. The molecule has 3 heterocycles. The van der Waals surface area contributed by atoms with Gasteiger partial charge in [-0.15, -0.1) is 0 Å². The van der Waals surface area contributed by atoms with Gasteiger partial charge in [-0.3, -0.25) is 4.79 Å². The highest BCUT2D eigenvalue weighted by atomic mass is 16.3. The lowest BCUT2D eigenvalue weighted by molar-refractivity contribution is -0.119. The van der Waals surface area contributed by atoms with E-state index in [0.29, 0.717) is 23.6 Å². The standard InChI is InChI=1S/C19H15N3O4/c23-13-9-15-18(24)22(19(25)21(15)10-13)12-7-5-11(6-8-12)17-20-14-3-1-2-4-16(14)26-17/h1-8,13,15,23H,9-10H2/t13-,15+/m1/s1. The Balaban J connectivity index is 1.45. The van der Waals surface area contributed by atoms with Crippen molar-refractivity contribution in [1.82, 2.24) is 9.88 Å². The van der Waals surface area contributed by atoms with Crippen molar-refractivity contribution in [3.05, 3.63) is 48.5 Å². The Morgan fingerprint density at radius 3 is 2.58 bits per heavy atom. The van der Waals surface area contributed by atoms with E-state index in [1.165, 1.54) is 9.80 Å². The number of urea groups is 1. The summed E-state index contributed by atoms with van der Waals surface area (Å²) in [6.45, 7) is 0.201. The van der Waals surface area contributed by atoms with E-state index in [4.69, 9.17) is 4.42 Å². The van der Waals surface area contributed by atoms with Crippen molar-refractivity contribution in [2.45, 2.75) is 18.6 Å². The van der Waals surface area contributed by atoms with Crippen LogP contribution in [0.15, 0.2) is 52.9 Å². The molecule has 3 aromatic rings. The van der Waals surface area contributed by atoms with Gasteiger partial charge in [-0.05, 0) is 36.4 Å². The number of benzene rings is 2. The van der Waals surface area contributed by atoms with Gasteiger partial charge in [-0.25, -0.2) is 14.7 Å². The highest BCUT2D eigenvalue weighted by molar-refractivity contribution is 6.21. The molecule has 2 aliphatic rings. The average molecular weight is 349 g/mol. The zero-order chi connectivity index (χ0) is 17.8. The van der Waals surface area contributed by atoms with E-state index in [2.05, 4.69) is 4.98 Å². The number of carbonyl (C=O) groups is 2. The number of aliphatic hydroxyl groups excluding tert-OH is 1. The number of aliphatic hydroxyl groups is 1. The van der Waals surface area contributed by atoms with Crippen molar-refractivity contribution in [2.75, 3.05) is 11.4 Å². The number of amides is 3. The number of hydrogen-bond acceptors (Lipinski definition) is 5. The molecule has 0 saturated carbocycles. The van der Waals surface area contributed by atoms with E-state index < -0.39 is 12.1 Å². The van der Waals surface area contributed by atoms with Crippen LogP contribution in [-0.4, -0.2) is 45.6 Å². The molecule has 0 aliphatic carbocycles. The van der Waals surface area contributed by atoms with Gasteiger partial charge in [0.2, 0.25) is 5.89 Å². The molecule has 2 aliphatic heterocycles. The molecule has 130 valence electrons. The second-order valence-electron chi connectivity index (χ2n) is 6.55. The predicted octanol–water partition coefficient (Wildman–Crippen LogP) is 2.40. The molecule has 2 aromatic carbocycles. The molecule has 0 spiro atoms. The normalized spacial score (nSPS) is 22.5. The Kier molecular flexibility index (Phi) is 3.14. The van der Waals surface area contributed by atoms with E-state index in [-0.39, 0.29) is 18.5 Å². The maximum Gasteiger partial charge on any atom is 0.332 e. The lowest BCUT2D eigenvalue weighted by atomic mass is 10.1. The molecule has 5 rings (SSSR count). The van der Waals surface area contributed by atoms with Crippen LogP contribution in [0.5, 0.6) is 0 Å². The van der Waals surface area contributed by atoms with Crippen LogP contribution in [0.1, 0.15) is 6.42 Å². The summed E-state index contributed by atoms with van der Waals surface area (Å²) in [7, 11) is 0. The topological polar surface area (TPSA) is 86.9 Å². The highest BCUT2D eigenvalue weighted by Crippen LogP contribution is 2.33. The van der Waals surface area contributed by atoms with E-state index >= 15 is 0 Å². The van der Waals surface area contributed by atoms with Gasteiger partial charge in [0.15, 0.2) is 5.58 Å². The van der Waals surface area contributed by atoms with Crippen molar-refractivity contribution in [3.8, 4) is 11.5 Å². The summed E-state index contributed by atoms with van der Waals surface area (Å²) in [6, 6.07) is 13.5. The van der Waals surface area contributed by atoms with Crippen LogP contribution in [0.3, 0.4) is 0 Å². The Hall–Kier alpha value is -3.19. The first-order valence-corrected chi connectivity index (χ1v) is 8.40. The Morgan fingerprint density at radius 2 is 1.85 bits per heavy atom. The van der Waals surface area contributed by atoms with Crippen LogP contribution in [0.4, 0.5) is 10.5 Å². The van der Waals surface area contributed by atoms with Gasteiger partial charge in [0, 0.05) is 18.5 Å². The fourth-order valence-electron chi connectivity index (χ4n) is 3.62. The van der Waals surface area contributed by atoms with Crippen LogP contribution >= 0.6 is 0 Å². The van der Waals surface area contributed by atoms with Crippen molar-refractivity contribution >= 4 is 28.7 Å². The quantitative estimate of drug-likeness (QED) is 0.718. The van der Waals surface area contributed by atoms with Gasteiger partial charge in [-0.2, -0.15) is 0 Å². The lowest BCUT2D eigenvalue weighted by Gasteiger charge is -2.16. The van der Waals surface area contributed by atoms with Crippen LogP contribution in [-0.2, 0) is 4.79 Å². The molecule has 7 heteroatoms. The molecular weight excluding hydrogens is 334 g/mol. The van der Waals surface area contributed by atoms with Crippen LogP contribution in [0.2, 0.25) is 0 Å². The maximum absolute atomic E-state index is 12.5. The molecule has 1 N–H and O–H groups in total. The minimum atomic E-state index is -0.628. The number of anilines is 1. The number of nitrogens with zero attached hydrogens (tertiary/aromatic N) is 3. The summed E-state index contributed by atoms with van der Waals surface area (Å²) in [5.74, 6) is 0.196. The van der Waals surface area contributed by atoms with Gasteiger partial charge < -0.3 is 14.4 Å². The molecule has 26 heavy (non-hydrogen) atoms. The first-order valence-electron chi connectivity index (χ1n) is 8.40. The Bertz CT molecular complexity index is 970. The smallest absolute Gasteiger partial charge is 0.332 e. The maximum atomic E-state index is 12.5. The van der Waals surface area contributed by atoms with Crippen molar-refractivity contribution in [3.63, 3.8) is 0 Å². The molecule has 3 amide bonds. The number of fused-ring (bicyclic) bond motifs is 2. The van der Waals surface area contributed by atoms with E-state index in [9.17, 15) is 14.7 Å². The number of rotatable bonds is 2. The zero-order valence-electron chi connectivity index (χ0n) is 13.7. The first kappa shape index (κ1) is 15.1. The number of para-hydroxylation sites is 2. The monoisotopic (exact) mass is 349 g/mol. The second kappa shape index (κ2) is 5.40. The number of imide groups is 1. The van der Waals surface area contributed by atoms with Crippen molar-refractivity contribution in [2.24, 2.45) is 0 Å². The Labute approximate surface area is 148 Å².